The minimum Gasteiger partial charge on any atom is -0.455 e. The van der Waals surface area contributed by atoms with E-state index in [0.29, 0.717) is 0 Å². The second-order valence-electron chi connectivity index (χ2n) is 11.1. The maximum atomic E-state index is 13.1. The second-order valence-corrected chi connectivity index (χ2v) is 11.1. The van der Waals surface area contributed by atoms with E-state index >= 15 is 0 Å². The molecule has 2 fully saturated rings. The van der Waals surface area contributed by atoms with Gasteiger partial charge >= 0.3 is 18.0 Å². The van der Waals surface area contributed by atoms with Crippen LogP contribution in [-0.4, -0.2) is 60.0 Å². The predicted octanol–water partition coefficient (Wildman–Crippen LogP) is 3.82. The van der Waals surface area contributed by atoms with Gasteiger partial charge in [-0.2, -0.15) is 0 Å². The van der Waals surface area contributed by atoms with E-state index in [1.165, 1.54) is 0 Å². The lowest BCUT2D eigenvalue weighted by Gasteiger charge is -2.40. The summed E-state index contributed by atoms with van der Waals surface area (Å²) in [4.78, 5) is 52.1. The Labute approximate surface area is 196 Å². The molecule has 0 spiro atoms. The van der Waals surface area contributed by atoms with Gasteiger partial charge in [0.05, 0.1) is 17.4 Å². The van der Waals surface area contributed by atoms with E-state index in [1.807, 2.05) is 6.92 Å². The summed E-state index contributed by atoms with van der Waals surface area (Å²) in [5, 5.41) is 0. The SMILES string of the molecule is CCCC[C@H](C)CC(=O)N1C(=O)O[C@@H]2OC[C@@H](OC(=O)C(C)(C)C)[C@@H](OC(=O)C(C)(C)C)[C@@H]21. The number of carbonyl (C=O) groups is 4. The highest BCUT2D eigenvalue weighted by molar-refractivity contribution is 5.94. The van der Waals surface area contributed by atoms with Crippen molar-refractivity contribution in [3.63, 3.8) is 0 Å². The van der Waals surface area contributed by atoms with E-state index in [0.717, 1.165) is 24.2 Å². The normalized spacial score (nSPS) is 26.3. The third kappa shape index (κ3) is 6.68. The van der Waals surface area contributed by atoms with Crippen LogP contribution in [0.2, 0.25) is 0 Å². The molecule has 2 saturated heterocycles. The fourth-order valence-corrected chi connectivity index (χ4v) is 3.59. The number of carbonyl (C=O) groups excluding carboxylic acids is 4. The van der Waals surface area contributed by atoms with Crippen molar-refractivity contribution < 1.29 is 38.1 Å². The minimum absolute atomic E-state index is 0.0684. The topological polar surface area (TPSA) is 108 Å². The second kappa shape index (κ2) is 10.4. The van der Waals surface area contributed by atoms with Gasteiger partial charge in [-0.15, -0.1) is 0 Å². The van der Waals surface area contributed by atoms with Crippen molar-refractivity contribution in [3.05, 3.63) is 0 Å². The van der Waals surface area contributed by atoms with Crippen molar-refractivity contribution in [2.24, 2.45) is 16.7 Å². The van der Waals surface area contributed by atoms with Crippen molar-refractivity contribution in [1.29, 1.82) is 0 Å². The number of hydrogen-bond donors (Lipinski definition) is 0. The van der Waals surface area contributed by atoms with E-state index in [4.69, 9.17) is 18.9 Å². The number of imide groups is 1. The third-order valence-electron chi connectivity index (χ3n) is 5.69. The van der Waals surface area contributed by atoms with E-state index in [-0.39, 0.29) is 18.9 Å². The van der Waals surface area contributed by atoms with Gasteiger partial charge in [-0.3, -0.25) is 14.4 Å². The molecule has 2 aliphatic rings. The largest absolute Gasteiger partial charge is 0.455 e. The molecule has 0 aromatic carbocycles. The van der Waals surface area contributed by atoms with E-state index in [9.17, 15) is 19.2 Å². The maximum Gasteiger partial charge on any atom is 0.419 e. The Morgan fingerprint density at radius 2 is 1.64 bits per heavy atom. The highest BCUT2D eigenvalue weighted by Gasteiger charge is 2.58. The first-order valence-corrected chi connectivity index (χ1v) is 11.7. The molecule has 0 N–H and O–H groups in total. The summed E-state index contributed by atoms with van der Waals surface area (Å²) in [6.45, 7) is 14.1. The Morgan fingerprint density at radius 3 is 2.18 bits per heavy atom. The van der Waals surface area contributed by atoms with E-state index in [2.05, 4.69) is 6.92 Å². The number of amides is 2. The molecule has 0 saturated carbocycles. The first kappa shape index (κ1) is 27.1. The number of ether oxygens (including phenoxy) is 4. The number of nitrogens with zero attached hydrogens (tertiary/aromatic N) is 1. The van der Waals surface area contributed by atoms with Crippen LogP contribution in [0.15, 0.2) is 0 Å². The molecule has 5 atom stereocenters. The molecule has 0 radical (unpaired) electrons. The van der Waals surface area contributed by atoms with Gasteiger partial charge < -0.3 is 18.9 Å². The zero-order chi connectivity index (χ0) is 25.1. The number of esters is 2. The Kier molecular flexibility index (Phi) is 8.54. The minimum atomic E-state index is -1.11. The maximum absolute atomic E-state index is 13.1. The average Bonchev–Trinajstić information content (AvgIpc) is 3.02. The van der Waals surface area contributed by atoms with Gasteiger partial charge in [0.2, 0.25) is 12.2 Å². The van der Waals surface area contributed by atoms with Crippen LogP contribution in [0.5, 0.6) is 0 Å². The molecule has 0 aliphatic carbocycles. The molecule has 0 aromatic heterocycles. The van der Waals surface area contributed by atoms with Crippen molar-refractivity contribution >= 4 is 23.9 Å². The van der Waals surface area contributed by atoms with E-state index in [1.54, 1.807) is 41.5 Å². The summed E-state index contributed by atoms with van der Waals surface area (Å²) < 4.78 is 22.3. The highest BCUT2D eigenvalue weighted by atomic mass is 16.7. The van der Waals surface area contributed by atoms with Gasteiger partial charge in [0.1, 0.15) is 6.04 Å². The molecule has 9 heteroatoms. The van der Waals surface area contributed by atoms with Gasteiger partial charge in [0.15, 0.2) is 12.2 Å². The summed E-state index contributed by atoms with van der Waals surface area (Å²) in [7, 11) is 0. The Hall–Kier alpha value is -2.16. The molecule has 2 aliphatic heterocycles. The molecular weight excluding hydrogens is 430 g/mol. The Morgan fingerprint density at radius 1 is 1.06 bits per heavy atom. The van der Waals surface area contributed by atoms with Crippen LogP contribution in [0.1, 0.15) is 81.1 Å². The molecule has 0 unspecified atom stereocenters. The lowest BCUT2D eigenvalue weighted by atomic mass is 9.94. The fourth-order valence-electron chi connectivity index (χ4n) is 3.59. The highest BCUT2D eigenvalue weighted by Crippen LogP contribution is 2.35. The number of rotatable bonds is 7. The first-order valence-electron chi connectivity index (χ1n) is 11.7. The first-order chi connectivity index (χ1) is 15.2. The Bertz CT molecular complexity index is 751. The average molecular weight is 470 g/mol. The standard InChI is InChI=1S/C24H39NO8/c1-9-10-11-14(2)12-16(26)25-17-18(32-21(28)24(6,7)8)15(31-20(27)23(3,4)5)13-30-19(17)33-22(25)29/h14-15,17-19H,9-13H2,1-8H3/t14-,15+,17-,18+,19-/m0/s1. The molecule has 0 bridgehead atoms. The summed E-state index contributed by atoms with van der Waals surface area (Å²) >= 11 is 0. The number of unbranched alkanes of at least 4 members (excludes halogenated alkanes) is 1. The van der Waals surface area contributed by atoms with Gasteiger partial charge in [0.25, 0.3) is 0 Å². The number of hydrogen-bond acceptors (Lipinski definition) is 8. The smallest absolute Gasteiger partial charge is 0.419 e. The van der Waals surface area contributed by atoms with Crippen LogP contribution in [-0.2, 0) is 33.3 Å². The van der Waals surface area contributed by atoms with Crippen LogP contribution in [0.3, 0.4) is 0 Å². The molecule has 188 valence electrons. The summed E-state index contributed by atoms with van der Waals surface area (Å²) in [6, 6.07) is -1.04. The van der Waals surface area contributed by atoms with Crippen LogP contribution in [0, 0.1) is 16.7 Å². The molecule has 33 heavy (non-hydrogen) atoms. The Balaban J connectivity index is 2.33. The molecule has 2 rings (SSSR count). The summed E-state index contributed by atoms with van der Waals surface area (Å²) in [5.41, 5.74) is -1.65. The lowest BCUT2D eigenvalue weighted by Crippen LogP contribution is -2.61. The van der Waals surface area contributed by atoms with Crippen LogP contribution >= 0.6 is 0 Å². The quantitative estimate of drug-likeness (QED) is 0.409. The molecule has 9 nitrogen and oxygen atoms in total. The predicted molar refractivity (Wildman–Crippen MR) is 119 cm³/mol. The zero-order valence-electron chi connectivity index (χ0n) is 21.1. The van der Waals surface area contributed by atoms with Gasteiger partial charge in [-0.25, -0.2) is 9.69 Å². The van der Waals surface area contributed by atoms with Crippen molar-refractivity contribution in [2.75, 3.05) is 6.61 Å². The fraction of sp³-hybridized carbons (Fsp3) is 0.833. The molecular formula is C24H39NO8. The number of fused-ring (bicyclic) bond motifs is 1. The van der Waals surface area contributed by atoms with Gasteiger partial charge in [0, 0.05) is 6.42 Å². The molecule has 0 aromatic rings. The van der Waals surface area contributed by atoms with Crippen molar-refractivity contribution in [1.82, 2.24) is 4.90 Å². The molecule has 2 amide bonds. The van der Waals surface area contributed by atoms with E-state index < -0.39 is 59.3 Å². The van der Waals surface area contributed by atoms with Crippen molar-refractivity contribution in [3.8, 4) is 0 Å². The summed E-state index contributed by atoms with van der Waals surface area (Å²) in [6.07, 6.45) is -1.07. The zero-order valence-corrected chi connectivity index (χ0v) is 21.1. The van der Waals surface area contributed by atoms with Crippen LogP contribution < -0.4 is 0 Å². The third-order valence-corrected chi connectivity index (χ3v) is 5.69. The van der Waals surface area contributed by atoms with Crippen molar-refractivity contribution in [2.45, 2.75) is 106 Å². The lowest BCUT2D eigenvalue weighted by molar-refractivity contribution is -0.227. The summed E-state index contributed by atoms with van der Waals surface area (Å²) in [5.74, 6) is -1.42. The van der Waals surface area contributed by atoms with Crippen LogP contribution in [0.25, 0.3) is 0 Å². The molecule has 2 heterocycles. The van der Waals surface area contributed by atoms with Crippen LogP contribution in [0.4, 0.5) is 4.79 Å². The van der Waals surface area contributed by atoms with Gasteiger partial charge in [-0.05, 0) is 47.5 Å². The van der Waals surface area contributed by atoms with Gasteiger partial charge in [-0.1, -0.05) is 33.1 Å². The monoisotopic (exact) mass is 469 g/mol.